The van der Waals surface area contributed by atoms with Crippen LogP contribution in [0.4, 0.5) is 5.69 Å². The molecule has 4 heteroatoms. The molecule has 7 aromatic carbocycles. The molecule has 0 radical (unpaired) electrons. The minimum atomic E-state index is 0.623. The average molecular weight is 611 g/mol. The number of nitriles is 1. The smallest absolute Gasteiger partial charge is 0.189 e. The van der Waals surface area contributed by atoms with Crippen molar-refractivity contribution >= 4 is 49.3 Å². The summed E-state index contributed by atoms with van der Waals surface area (Å²) >= 11 is 0. The van der Waals surface area contributed by atoms with E-state index in [-0.39, 0.29) is 0 Å². The monoisotopic (exact) mass is 610 g/mol. The Morgan fingerprint density at radius 3 is 1.71 bits per heavy atom. The van der Waals surface area contributed by atoms with Crippen LogP contribution < -0.4 is 0 Å². The SMILES string of the molecule is [C-]#[N+]c1ccc2c3ccccc3n(-c3ccc(-c4cccc(-c5c(C#N)cccc5-n5c6ccccc6c6ccccc65)c4)cc3)c2c1. The lowest BCUT2D eigenvalue weighted by Crippen LogP contribution is -1.99. The Morgan fingerprint density at radius 1 is 0.479 bits per heavy atom. The number of nitrogens with zero attached hydrogens (tertiary/aromatic N) is 4. The lowest BCUT2D eigenvalue weighted by molar-refractivity contribution is 1.18. The second kappa shape index (κ2) is 10.9. The van der Waals surface area contributed by atoms with Gasteiger partial charge >= 0.3 is 0 Å². The Morgan fingerprint density at radius 2 is 1.06 bits per heavy atom. The van der Waals surface area contributed by atoms with E-state index in [0.717, 1.165) is 66.5 Å². The fourth-order valence-corrected chi connectivity index (χ4v) is 7.27. The molecule has 0 fully saturated rings. The molecular formula is C44H26N4. The van der Waals surface area contributed by atoms with Gasteiger partial charge in [0.1, 0.15) is 0 Å². The molecule has 0 unspecified atom stereocenters. The van der Waals surface area contributed by atoms with Crippen molar-refractivity contribution in [2.45, 2.75) is 0 Å². The van der Waals surface area contributed by atoms with Gasteiger partial charge in [0.05, 0.1) is 40.4 Å². The Balaban J connectivity index is 1.18. The van der Waals surface area contributed by atoms with Crippen molar-refractivity contribution in [3.63, 3.8) is 0 Å². The van der Waals surface area contributed by atoms with Gasteiger partial charge in [0, 0.05) is 38.3 Å². The van der Waals surface area contributed by atoms with Gasteiger partial charge in [0.2, 0.25) is 0 Å². The minimum absolute atomic E-state index is 0.623. The maximum atomic E-state index is 10.3. The van der Waals surface area contributed by atoms with E-state index in [1.165, 1.54) is 10.8 Å². The van der Waals surface area contributed by atoms with E-state index in [1.54, 1.807) is 0 Å². The van der Waals surface area contributed by atoms with Crippen LogP contribution in [0, 0.1) is 17.9 Å². The predicted octanol–water partition coefficient (Wildman–Crippen LogP) is 11.6. The lowest BCUT2D eigenvalue weighted by atomic mass is 9.94. The maximum absolute atomic E-state index is 10.3. The van der Waals surface area contributed by atoms with Gasteiger partial charge in [-0.3, -0.25) is 0 Å². The van der Waals surface area contributed by atoms with Crippen LogP contribution >= 0.6 is 0 Å². The minimum Gasteiger partial charge on any atom is -0.311 e. The number of aromatic nitrogens is 2. The van der Waals surface area contributed by atoms with Gasteiger partial charge in [-0.25, -0.2) is 4.85 Å². The molecular weight excluding hydrogens is 585 g/mol. The third kappa shape index (κ3) is 4.14. The Bertz CT molecular complexity index is 2750. The molecule has 9 rings (SSSR count). The number of para-hydroxylation sites is 3. The molecule has 48 heavy (non-hydrogen) atoms. The third-order valence-electron chi connectivity index (χ3n) is 9.38. The first-order valence-electron chi connectivity index (χ1n) is 15.9. The largest absolute Gasteiger partial charge is 0.311 e. The normalized spacial score (nSPS) is 11.3. The number of hydrogen-bond donors (Lipinski definition) is 0. The van der Waals surface area contributed by atoms with Crippen LogP contribution in [0.25, 0.3) is 82.1 Å². The van der Waals surface area contributed by atoms with E-state index in [2.05, 4.69) is 147 Å². The summed E-state index contributed by atoms with van der Waals surface area (Å²) in [7, 11) is 0. The summed E-state index contributed by atoms with van der Waals surface area (Å²) < 4.78 is 4.52. The fourth-order valence-electron chi connectivity index (χ4n) is 7.27. The van der Waals surface area contributed by atoms with Crippen molar-refractivity contribution in [2.24, 2.45) is 0 Å². The molecule has 0 amide bonds. The maximum Gasteiger partial charge on any atom is 0.189 e. The topological polar surface area (TPSA) is 38.0 Å². The molecule has 4 nitrogen and oxygen atoms in total. The van der Waals surface area contributed by atoms with Crippen molar-refractivity contribution in [3.05, 3.63) is 175 Å². The fraction of sp³-hybridized carbons (Fsp3) is 0. The van der Waals surface area contributed by atoms with Crippen LogP contribution in [0.15, 0.2) is 158 Å². The third-order valence-corrected chi connectivity index (χ3v) is 9.38. The van der Waals surface area contributed by atoms with E-state index in [0.29, 0.717) is 11.3 Å². The standard InChI is InChI=1S/C44H26N4/c1-46-33-22-25-38-37-15-2-5-16-39(37)47(43(38)27-33)34-23-20-29(21-24-34)30-10-8-11-31(26-30)44-32(28-45)12-9-19-42(44)48-40-17-6-3-13-35(40)36-14-4-7-18-41(36)48/h2-27H. The number of benzene rings is 7. The van der Waals surface area contributed by atoms with Crippen LogP contribution in [0.5, 0.6) is 0 Å². The predicted molar refractivity (Wildman–Crippen MR) is 197 cm³/mol. The number of rotatable bonds is 4. The molecule has 0 spiro atoms. The van der Waals surface area contributed by atoms with E-state index < -0.39 is 0 Å². The van der Waals surface area contributed by atoms with Crippen LogP contribution in [0.2, 0.25) is 0 Å². The van der Waals surface area contributed by atoms with Gasteiger partial charge in [-0.15, -0.1) is 0 Å². The highest BCUT2D eigenvalue weighted by atomic mass is 15.0. The van der Waals surface area contributed by atoms with Crippen LogP contribution in [-0.4, -0.2) is 9.13 Å². The van der Waals surface area contributed by atoms with Gasteiger partial charge in [-0.2, -0.15) is 5.26 Å². The first kappa shape index (κ1) is 27.4. The molecule has 9 aromatic rings. The van der Waals surface area contributed by atoms with E-state index >= 15 is 0 Å². The highest BCUT2D eigenvalue weighted by Crippen LogP contribution is 2.39. The molecule has 0 aliphatic rings. The van der Waals surface area contributed by atoms with Crippen molar-refractivity contribution in [1.82, 2.24) is 9.13 Å². The zero-order valence-corrected chi connectivity index (χ0v) is 25.8. The molecule has 0 N–H and O–H groups in total. The Kier molecular flexibility index (Phi) is 6.22. The van der Waals surface area contributed by atoms with Crippen LogP contribution in [-0.2, 0) is 0 Å². The first-order valence-corrected chi connectivity index (χ1v) is 15.9. The first-order chi connectivity index (χ1) is 23.7. The Labute approximate surface area is 277 Å². The van der Waals surface area contributed by atoms with E-state index in [4.69, 9.17) is 6.57 Å². The quantitative estimate of drug-likeness (QED) is 0.183. The van der Waals surface area contributed by atoms with E-state index in [1.807, 2.05) is 30.3 Å². The van der Waals surface area contributed by atoms with Crippen molar-refractivity contribution in [1.29, 1.82) is 5.26 Å². The zero-order chi connectivity index (χ0) is 32.2. The second-order valence-electron chi connectivity index (χ2n) is 12.0. The van der Waals surface area contributed by atoms with Crippen LogP contribution in [0.1, 0.15) is 5.56 Å². The molecule has 0 aliphatic heterocycles. The van der Waals surface area contributed by atoms with E-state index in [9.17, 15) is 5.26 Å². The van der Waals surface area contributed by atoms with Crippen molar-refractivity contribution in [3.8, 4) is 39.7 Å². The summed E-state index contributed by atoms with van der Waals surface area (Å²) in [5.41, 5.74) is 11.6. The molecule has 0 saturated carbocycles. The zero-order valence-electron chi connectivity index (χ0n) is 25.8. The Hall–Kier alpha value is -6.88. The summed E-state index contributed by atoms with van der Waals surface area (Å²) in [5.74, 6) is 0. The summed E-state index contributed by atoms with van der Waals surface area (Å²) in [5, 5.41) is 15.0. The van der Waals surface area contributed by atoms with Gasteiger partial charge in [-0.05, 0) is 71.3 Å². The molecule has 0 saturated heterocycles. The molecule has 2 heterocycles. The summed E-state index contributed by atoms with van der Waals surface area (Å²) in [6.45, 7) is 7.58. The summed E-state index contributed by atoms with van der Waals surface area (Å²) in [6.07, 6.45) is 0. The van der Waals surface area contributed by atoms with Crippen LogP contribution in [0.3, 0.4) is 0 Å². The highest BCUT2D eigenvalue weighted by molar-refractivity contribution is 6.11. The van der Waals surface area contributed by atoms with Crippen molar-refractivity contribution < 1.29 is 0 Å². The van der Waals surface area contributed by atoms with Gasteiger partial charge in [0.15, 0.2) is 5.69 Å². The van der Waals surface area contributed by atoms with Gasteiger partial charge in [-0.1, -0.05) is 103 Å². The summed E-state index contributed by atoms with van der Waals surface area (Å²) in [6, 6.07) is 56.7. The lowest BCUT2D eigenvalue weighted by Gasteiger charge is -2.16. The molecule has 2 aromatic heterocycles. The molecule has 0 atom stereocenters. The number of hydrogen-bond acceptors (Lipinski definition) is 1. The second-order valence-corrected chi connectivity index (χ2v) is 12.0. The molecule has 0 bridgehead atoms. The molecule has 222 valence electrons. The van der Waals surface area contributed by atoms with Gasteiger partial charge < -0.3 is 9.13 Å². The highest BCUT2D eigenvalue weighted by Gasteiger charge is 2.18. The number of fused-ring (bicyclic) bond motifs is 6. The average Bonchev–Trinajstić information content (AvgIpc) is 3.67. The molecule has 0 aliphatic carbocycles. The van der Waals surface area contributed by atoms with Gasteiger partial charge in [0.25, 0.3) is 0 Å². The van der Waals surface area contributed by atoms with Crippen molar-refractivity contribution in [2.75, 3.05) is 0 Å². The summed E-state index contributed by atoms with van der Waals surface area (Å²) in [4.78, 5) is 3.69.